The van der Waals surface area contributed by atoms with Gasteiger partial charge in [0, 0.05) is 12.2 Å². The average molecular weight is 274 g/mol. The van der Waals surface area contributed by atoms with Gasteiger partial charge in [-0.1, -0.05) is 18.2 Å². The van der Waals surface area contributed by atoms with Crippen LogP contribution >= 0.6 is 11.3 Å². The Hall–Kier alpha value is -1.65. The third-order valence-corrected chi connectivity index (χ3v) is 3.73. The highest BCUT2D eigenvalue weighted by Gasteiger charge is 2.17. The van der Waals surface area contributed by atoms with Gasteiger partial charge in [0.25, 0.3) is 5.91 Å². The molecule has 0 aliphatic rings. The summed E-state index contributed by atoms with van der Waals surface area (Å²) in [5.41, 5.74) is 7.65. The van der Waals surface area contributed by atoms with Crippen LogP contribution in [0.15, 0.2) is 41.8 Å². The third-order valence-electron chi connectivity index (χ3n) is 2.88. The van der Waals surface area contributed by atoms with Crippen LogP contribution in [0.5, 0.6) is 0 Å². The fourth-order valence-electron chi connectivity index (χ4n) is 1.93. The van der Waals surface area contributed by atoms with Gasteiger partial charge in [-0.05, 0) is 49.0 Å². The molecule has 0 fully saturated rings. The molecule has 0 bridgehead atoms. The molecule has 0 unspecified atom stereocenters. The maximum absolute atomic E-state index is 12.5. The molecule has 0 spiro atoms. The zero-order valence-electron chi connectivity index (χ0n) is 11.0. The van der Waals surface area contributed by atoms with E-state index in [-0.39, 0.29) is 5.91 Å². The summed E-state index contributed by atoms with van der Waals surface area (Å²) < 4.78 is 0. The lowest BCUT2D eigenvalue weighted by Gasteiger charge is -2.22. The quantitative estimate of drug-likeness (QED) is 0.911. The van der Waals surface area contributed by atoms with Crippen LogP contribution in [0.25, 0.3) is 0 Å². The molecule has 3 nitrogen and oxygen atoms in total. The van der Waals surface area contributed by atoms with Crippen LogP contribution in [0.1, 0.15) is 21.7 Å². The van der Waals surface area contributed by atoms with Gasteiger partial charge in [-0.15, -0.1) is 11.3 Å². The molecule has 4 heteroatoms. The van der Waals surface area contributed by atoms with Gasteiger partial charge in [-0.3, -0.25) is 4.79 Å². The van der Waals surface area contributed by atoms with E-state index in [1.54, 1.807) is 0 Å². The first-order valence-electron chi connectivity index (χ1n) is 6.34. The Bertz CT molecular complexity index is 537. The molecular formula is C15H18N2OS. The molecule has 2 rings (SSSR count). The number of nitrogens with zero attached hydrogens (tertiary/aromatic N) is 1. The molecule has 0 aliphatic carbocycles. The summed E-state index contributed by atoms with van der Waals surface area (Å²) in [6, 6.07) is 11.8. The molecule has 0 radical (unpaired) electrons. The fourth-order valence-corrected chi connectivity index (χ4v) is 2.60. The Kier molecular flexibility index (Phi) is 4.71. The van der Waals surface area contributed by atoms with Crippen molar-refractivity contribution < 1.29 is 4.79 Å². The molecule has 1 aromatic carbocycles. The smallest absolute Gasteiger partial charge is 0.268 e. The minimum absolute atomic E-state index is 0.0500. The molecule has 0 aliphatic heterocycles. The molecule has 0 saturated carbocycles. The maximum Gasteiger partial charge on any atom is 0.268 e. The van der Waals surface area contributed by atoms with Crippen molar-refractivity contribution in [2.75, 3.05) is 18.0 Å². The number of thiophene rings is 1. The lowest BCUT2D eigenvalue weighted by molar-refractivity contribution is 0.0990. The number of nitrogens with two attached hydrogens (primary N) is 1. The Morgan fingerprint density at radius 1 is 1.32 bits per heavy atom. The number of hydrogen-bond donors (Lipinski definition) is 1. The largest absolute Gasteiger partial charge is 0.330 e. The van der Waals surface area contributed by atoms with Crippen LogP contribution in [0, 0.1) is 6.92 Å². The van der Waals surface area contributed by atoms with Crippen molar-refractivity contribution in [1.82, 2.24) is 0 Å². The van der Waals surface area contributed by atoms with E-state index in [0.717, 1.165) is 22.5 Å². The molecule has 2 aromatic rings. The predicted molar refractivity (Wildman–Crippen MR) is 80.8 cm³/mol. The van der Waals surface area contributed by atoms with Gasteiger partial charge in [0.15, 0.2) is 0 Å². The molecule has 0 atom stereocenters. The van der Waals surface area contributed by atoms with Crippen molar-refractivity contribution >= 4 is 22.9 Å². The summed E-state index contributed by atoms with van der Waals surface area (Å²) in [5.74, 6) is 0.0500. The Morgan fingerprint density at radius 2 is 2.16 bits per heavy atom. The van der Waals surface area contributed by atoms with Gasteiger partial charge in [0.2, 0.25) is 0 Å². The highest BCUT2D eigenvalue weighted by molar-refractivity contribution is 7.12. The van der Waals surface area contributed by atoms with E-state index >= 15 is 0 Å². The van der Waals surface area contributed by atoms with Gasteiger partial charge < -0.3 is 10.6 Å². The molecule has 1 heterocycles. The van der Waals surface area contributed by atoms with Crippen LogP contribution in [0.3, 0.4) is 0 Å². The van der Waals surface area contributed by atoms with E-state index in [9.17, 15) is 4.79 Å². The molecule has 1 aromatic heterocycles. The standard InChI is InChI=1S/C15H18N2OS/c1-12-5-2-6-13(11-12)17(9-4-8-16)15(18)14-7-3-10-19-14/h2-3,5-7,10-11H,4,8-9,16H2,1H3. The van der Waals surface area contributed by atoms with Crippen molar-refractivity contribution in [3.05, 3.63) is 52.2 Å². The van der Waals surface area contributed by atoms with Crippen LogP contribution in [-0.4, -0.2) is 19.0 Å². The van der Waals surface area contributed by atoms with Gasteiger partial charge in [-0.2, -0.15) is 0 Å². The van der Waals surface area contributed by atoms with E-state index in [2.05, 4.69) is 0 Å². The molecule has 2 N–H and O–H groups in total. The molecule has 0 saturated heterocycles. The van der Waals surface area contributed by atoms with Crippen LogP contribution < -0.4 is 10.6 Å². The number of hydrogen-bond acceptors (Lipinski definition) is 3. The summed E-state index contributed by atoms with van der Waals surface area (Å²) in [6.07, 6.45) is 0.797. The second-order valence-electron chi connectivity index (χ2n) is 4.42. The maximum atomic E-state index is 12.5. The predicted octanol–water partition coefficient (Wildman–Crippen LogP) is 3.05. The van der Waals surface area contributed by atoms with E-state index in [4.69, 9.17) is 5.73 Å². The van der Waals surface area contributed by atoms with Crippen molar-refractivity contribution in [2.24, 2.45) is 5.73 Å². The van der Waals surface area contributed by atoms with Gasteiger partial charge in [0.1, 0.15) is 0 Å². The van der Waals surface area contributed by atoms with E-state index in [1.807, 2.05) is 53.6 Å². The van der Waals surface area contributed by atoms with E-state index in [0.29, 0.717) is 13.1 Å². The number of rotatable bonds is 5. The molecule has 1 amide bonds. The van der Waals surface area contributed by atoms with Crippen molar-refractivity contribution in [1.29, 1.82) is 0 Å². The molecular weight excluding hydrogens is 256 g/mol. The number of amides is 1. The Labute approximate surface area is 117 Å². The van der Waals surface area contributed by atoms with E-state index < -0.39 is 0 Å². The normalized spacial score (nSPS) is 10.4. The number of anilines is 1. The first kappa shape index (κ1) is 13.8. The van der Waals surface area contributed by atoms with Crippen molar-refractivity contribution in [2.45, 2.75) is 13.3 Å². The number of benzene rings is 1. The van der Waals surface area contributed by atoms with Crippen molar-refractivity contribution in [3.8, 4) is 0 Å². The first-order valence-corrected chi connectivity index (χ1v) is 7.22. The fraction of sp³-hybridized carbons (Fsp3) is 0.267. The number of carbonyl (C=O) groups excluding carboxylic acids is 1. The average Bonchev–Trinajstić information content (AvgIpc) is 2.93. The summed E-state index contributed by atoms with van der Waals surface area (Å²) >= 11 is 1.47. The second kappa shape index (κ2) is 6.50. The monoisotopic (exact) mass is 274 g/mol. The Morgan fingerprint density at radius 3 is 2.79 bits per heavy atom. The second-order valence-corrected chi connectivity index (χ2v) is 5.36. The SMILES string of the molecule is Cc1cccc(N(CCCN)C(=O)c2cccs2)c1. The summed E-state index contributed by atoms with van der Waals surface area (Å²) in [4.78, 5) is 15.1. The minimum atomic E-state index is 0.0500. The van der Waals surface area contributed by atoms with Crippen LogP contribution in [0.4, 0.5) is 5.69 Å². The molecule has 19 heavy (non-hydrogen) atoms. The van der Waals surface area contributed by atoms with Gasteiger partial charge in [0.05, 0.1) is 4.88 Å². The minimum Gasteiger partial charge on any atom is -0.330 e. The van der Waals surface area contributed by atoms with Gasteiger partial charge >= 0.3 is 0 Å². The number of aryl methyl sites for hydroxylation is 1. The zero-order chi connectivity index (χ0) is 13.7. The zero-order valence-corrected chi connectivity index (χ0v) is 11.8. The summed E-state index contributed by atoms with van der Waals surface area (Å²) in [7, 11) is 0. The lowest BCUT2D eigenvalue weighted by atomic mass is 10.2. The highest BCUT2D eigenvalue weighted by atomic mass is 32.1. The van der Waals surface area contributed by atoms with Crippen LogP contribution in [-0.2, 0) is 0 Å². The van der Waals surface area contributed by atoms with Crippen molar-refractivity contribution in [3.63, 3.8) is 0 Å². The Balaban J connectivity index is 2.28. The highest BCUT2D eigenvalue weighted by Crippen LogP contribution is 2.21. The van der Waals surface area contributed by atoms with Gasteiger partial charge in [-0.25, -0.2) is 0 Å². The summed E-state index contributed by atoms with van der Waals surface area (Å²) in [6.45, 7) is 3.26. The molecule has 100 valence electrons. The first-order chi connectivity index (χ1) is 9.22. The van der Waals surface area contributed by atoms with Crippen LogP contribution in [0.2, 0.25) is 0 Å². The third kappa shape index (κ3) is 3.43. The van der Waals surface area contributed by atoms with E-state index in [1.165, 1.54) is 11.3 Å². The topological polar surface area (TPSA) is 46.3 Å². The lowest BCUT2D eigenvalue weighted by Crippen LogP contribution is -2.32. The number of carbonyl (C=O) groups is 1. The summed E-state index contributed by atoms with van der Waals surface area (Å²) in [5, 5.41) is 1.92.